The summed E-state index contributed by atoms with van der Waals surface area (Å²) in [7, 11) is 3.35. The van der Waals surface area contributed by atoms with Gasteiger partial charge in [-0.1, -0.05) is 30.2 Å². The van der Waals surface area contributed by atoms with Crippen LogP contribution in [0.3, 0.4) is 0 Å². The van der Waals surface area contributed by atoms with Gasteiger partial charge in [-0.25, -0.2) is 0 Å². The van der Waals surface area contributed by atoms with Gasteiger partial charge in [0.15, 0.2) is 11.5 Å². The largest absolute Gasteiger partial charge is 0.493 e. The third-order valence-corrected chi connectivity index (χ3v) is 7.53. The minimum Gasteiger partial charge on any atom is -0.493 e. The topological polar surface area (TPSA) is 69.7 Å². The fourth-order valence-electron chi connectivity index (χ4n) is 5.06. The maximum atomic E-state index is 12.3. The Morgan fingerprint density at radius 2 is 1.92 bits per heavy atom. The summed E-state index contributed by atoms with van der Waals surface area (Å²) in [4.78, 5) is 16.6. The van der Waals surface area contributed by atoms with E-state index in [1.54, 1.807) is 20.3 Å². The van der Waals surface area contributed by atoms with Crippen molar-refractivity contribution in [2.75, 3.05) is 66.8 Å². The van der Waals surface area contributed by atoms with Gasteiger partial charge in [-0.3, -0.25) is 9.69 Å². The van der Waals surface area contributed by atoms with Gasteiger partial charge in [-0.15, -0.1) is 0 Å². The predicted octanol–water partition coefficient (Wildman–Crippen LogP) is 4.82. The van der Waals surface area contributed by atoms with Crippen LogP contribution < -0.4 is 14.2 Å². The lowest BCUT2D eigenvalue weighted by molar-refractivity contribution is -0.130. The van der Waals surface area contributed by atoms with Crippen molar-refractivity contribution >= 4 is 17.5 Å². The highest BCUT2D eigenvalue weighted by molar-refractivity contribution is 6.30. The summed E-state index contributed by atoms with van der Waals surface area (Å²) in [6.45, 7) is 5.62. The number of ether oxygens (including phenoxy) is 5. The molecule has 0 radical (unpaired) electrons. The Hall–Kier alpha value is -2.52. The quantitative estimate of drug-likeness (QED) is 0.345. The molecule has 2 aliphatic rings. The molecule has 0 bridgehead atoms. The van der Waals surface area contributed by atoms with E-state index in [0.29, 0.717) is 68.2 Å². The lowest BCUT2D eigenvalue weighted by Crippen LogP contribution is -2.50. The first kappa shape index (κ1) is 29.5. The maximum Gasteiger partial charge on any atom is 0.222 e. The Bertz CT molecular complexity index is 1070. The van der Waals surface area contributed by atoms with E-state index in [1.165, 1.54) is 0 Å². The summed E-state index contributed by atoms with van der Waals surface area (Å²) >= 11 is 6.12. The zero-order valence-corrected chi connectivity index (χ0v) is 23.9. The molecule has 0 aromatic heterocycles. The molecular weight excluding hydrogens is 520 g/mol. The number of amides is 1. The van der Waals surface area contributed by atoms with Crippen LogP contribution in [-0.4, -0.2) is 88.1 Å². The summed E-state index contributed by atoms with van der Waals surface area (Å²) in [5.74, 6) is 2.38. The van der Waals surface area contributed by atoms with Gasteiger partial charge >= 0.3 is 0 Å². The van der Waals surface area contributed by atoms with Crippen molar-refractivity contribution < 1.29 is 28.5 Å². The van der Waals surface area contributed by atoms with Gasteiger partial charge in [0.25, 0.3) is 0 Å². The van der Waals surface area contributed by atoms with Crippen LogP contribution in [0.15, 0.2) is 42.5 Å². The van der Waals surface area contributed by atoms with Crippen LogP contribution in [0.1, 0.15) is 37.7 Å². The van der Waals surface area contributed by atoms with Crippen LogP contribution in [0.4, 0.5) is 0 Å². The number of halogens is 1. The van der Waals surface area contributed by atoms with Gasteiger partial charge < -0.3 is 28.6 Å². The summed E-state index contributed by atoms with van der Waals surface area (Å²) in [5.41, 5.74) is 0.492. The number of nitrogens with zero attached hydrogens (tertiary/aromatic N) is 2. The van der Waals surface area contributed by atoms with Gasteiger partial charge in [0.2, 0.25) is 5.91 Å². The minimum absolute atomic E-state index is 0.263. The second-order valence-corrected chi connectivity index (χ2v) is 10.7. The van der Waals surface area contributed by atoms with Gasteiger partial charge in [0, 0.05) is 51.3 Å². The van der Waals surface area contributed by atoms with E-state index in [9.17, 15) is 4.79 Å². The van der Waals surface area contributed by atoms with Crippen molar-refractivity contribution in [3.8, 4) is 17.2 Å². The van der Waals surface area contributed by atoms with Crippen molar-refractivity contribution in [1.29, 1.82) is 0 Å². The summed E-state index contributed by atoms with van der Waals surface area (Å²) in [6.07, 6.45) is 4.66. The van der Waals surface area contributed by atoms with Crippen LogP contribution in [0, 0.1) is 0 Å². The lowest BCUT2D eigenvalue weighted by Gasteiger charge is -2.34. The van der Waals surface area contributed by atoms with Gasteiger partial charge in [0.05, 0.1) is 26.9 Å². The van der Waals surface area contributed by atoms with Gasteiger partial charge in [-0.05, 0) is 55.2 Å². The van der Waals surface area contributed by atoms with E-state index in [2.05, 4.69) is 11.0 Å². The van der Waals surface area contributed by atoms with Gasteiger partial charge in [-0.2, -0.15) is 0 Å². The monoisotopic (exact) mass is 560 g/mol. The molecule has 2 heterocycles. The number of carbonyl (C=O) groups is 1. The Morgan fingerprint density at radius 3 is 2.74 bits per heavy atom. The fourth-order valence-corrected chi connectivity index (χ4v) is 5.24. The summed E-state index contributed by atoms with van der Waals surface area (Å²) in [6, 6.07) is 13.4. The minimum atomic E-state index is -0.616. The lowest BCUT2D eigenvalue weighted by atomic mass is 10.1. The van der Waals surface area contributed by atoms with Crippen LogP contribution >= 0.6 is 11.6 Å². The molecule has 2 saturated heterocycles. The molecule has 214 valence electrons. The molecule has 0 saturated carbocycles. The molecule has 0 N–H and O–H groups in total. The number of benzene rings is 2. The number of carbonyl (C=O) groups excluding carboxylic acids is 1. The van der Waals surface area contributed by atoms with E-state index in [1.807, 2.05) is 35.2 Å². The smallest absolute Gasteiger partial charge is 0.222 e. The van der Waals surface area contributed by atoms with Crippen LogP contribution in [0.2, 0.25) is 5.02 Å². The molecule has 0 spiro atoms. The number of rotatable bonds is 12. The van der Waals surface area contributed by atoms with Crippen LogP contribution in [0.5, 0.6) is 17.2 Å². The molecule has 1 atom stereocenters. The summed E-state index contributed by atoms with van der Waals surface area (Å²) in [5, 5.41) is 0.630. The number of hydrogen-bond donors (Lipinski definition) is 0. The van der Waals surface area contributed by atoms with Crippen molar-refractivity contribution in [2.24, 2.45) is 0 Å². The van der Waals surface area contributed by atoms with E-state index in [4.69, 9.17) is 35.3 Å². The molecule has 2 fully saturated rings. The second kappa shape index (κ2) is 14.7. The molecule has 8 nitrogen and oxygen atoms in total. The van der Waals surface area contributed by atoms with E-state index < -0.39 is 5.60 Å². The van der Waals surface area contributed by atoms with Crippen molar-refractivity contribution in [2.45, 2.75) is 44.2 Å². The molecular formula is C30H41ClN2O6. The standard InChI is InChI=1S/C30H41ClN2O6/c1-35-27-12-11-24(18-28(27)38-16-7-14-33-13-5-3-4-10-29(33)34)20-32-15-17-37-22-30(21-32,36-2)23-39-26-9-6-8-25(31)19-26/h6,8-9,11-12,18-19H,3-5,7,10,13-17,20-23H2,1-2H3. The normalized spacial score (nSPS) is 20.8. The third kappa shape index (κ3) is 8.73. The van der Waals surface area contributed by atoms with Crippen LogP contribution in [-0.2, 0) is 20.8 Å². The number of methoxy groups -OCH3 is 2. The zero-order valence-electron chi connectivity index (χ0n) is 23.2. The first-order chi connectivity index (χ1) is 19.0. The number of likely N-dealkylation sites (tertiary alicyclic amines) is 1. The second-order valence-electron chi connectivity index (χ2n) is 10.3. The SMILES string of the molecule is COc1ccc(CN2CCOCC(COc3cccc(Cl)c3)(OC)C2)cc1OCCCN1CCCCCC1=O. The van der Waals surface area contributed by atoms with E-state index in [0.717, 1.165) is 50.9 Å². The highest BCUT2D eigenvalue weighted by Crippen LogP contribution is 2.30. The van der Waals surface area contributed by atoms with E-state index in [-0.39, 0.29) is 5.91 Å². The molecule has 2 aromatic rings. The predicted molar refractivity (Wildman–Crippen MR) is 151 cm³/mol. The first-order valence-corrected chi connectivity index (χ1v) is 14.2. The molecule has 9 heteroatoms. The summed E-state index contributed by atoms with van der Waals surface area (Å²) < 4.78 is 29.7. The Balaban J connectivity index is 1.35. The third-order valence-electron chi connectivity index (χ3n) is 7.30. The molecule has 2 aromatic carbocycles. The molecule has 2 aliphatic heterocycles. The Morgan fingerprint density at radius 1 is 1.03 bits per heavy atom. The van der Waals surface area contributed by atoms with Crippen molar-refractivity contribution in [3.05, 3.63) is 53.1 Å². The molecule has 0 aliphatic carbocycles. The van der Waals surface area contributed by atoms with Crippen molar-refractivity contribution in [1.82, 2.24) is 9.80 Å². The fraction of sp³-hybridized carbons (Fsp3) is 0.567. The Kier molecular flexibility index (Phi) is 11.1. The average Bonchev–Trinajstić information content (AvgIpc) is 3.28. The molecule has 1 amide bonds. The highest BCUT2D eigenvalue weighted by Gasteiger charge is 2.36. The Labute approximate surface area is 237 Å². The van der Waals surface area contributed by atoms with Crippen molar-refractivity contribution in [3.63, 3.8) is 0 Å². The van der Waals surface area contributed by atoms with E-state index >= 15 is 0 Å². The average molecular weight is 561 g/mol. The maximum absolute atomic E-state index is 12.3. The molecule has 4 rings (SSSR count). The zero-order chi connectivity index (χ0) is 27.5. The highest BCUT2D eigenvalue weighted by atomic mass is 35.5. The first-order valence-electron chi connectivity index (χ1n) is 13.8. The van der Waals surface area contributed by atoms with Crippen LogP contribution in [0.25, 0.3) is 0 Å². The number of hydrogen-bond acceptors (Lipinski definition) is 7. The molecule has 39 heavy (non-hydrogen) atoms. The molecule has 1 unspecified atom stereocenters. The van der Waals surface area contributed by atoms with Gasteiger partial charge in [0.1, 0.15) is 18.0 Å².